The van der Waals surface area contributed by atoms with E-state index in [4.69, 9.17) is 9.66 Å². The molecule has 80 valence electrons. The first kappa shape index (κ1) is 12.9. The molecule has 0 radical (unpaired) electrons. The first-order chi connectivity index (χ1) is 5.69. The normalized spacial score (nSPS) is 15.8. The molecule has 0 saturated heterocycles. The Hall–Kier alpha value is -0.130. The fourth-order valence-corrected chi connectivity index (χ4v) is 2.66. The Morgan fingerprint density at radius 1 is 1.31 bits per heavy atom. The average Bonchev–Trinajstić information content (AvgIpc) is 1.81. The molecule has 5 heteroatoms. The van der Waals surface area contributed by atoms with Gasteiger partial charge in [0.2, 0.25) is 0 Å². The largest absolute Gasteiger partial charge is 0.396 e. The number of hydrogen-bond donors (Lipinski definition) is 2. The van der Waals surface area contributed by atoms with Crippen LogP contribution in [0.3, 0.4) is 0 Å². The van der Waals surface area contributed by atoms with Crippen LogP contribution in [0.15, 0.2) is 0 Å². The van der Waals surface area contributed by atoms with Gasteiger partial charge < -0.3 is 5.11 Å². The molecule has 0 fully saturated rings. The Bertz CT molecular complexity index is 237. The summed E-state index contributed by atoms with van der Waals surface area (Å²) in [6.07, 6.45) is 0.681. The lowest BCUT2D eigenvalue weighted by molar-refractivity contribution is 0.264. The van der Waals surface area contributed by atoms with E-state index in [1.807, 2.05) is 0 Å². The molecule has 0 aromatic rings. The first-order valence-corrected chi connectivity index (χ1v) is 5.77. The predicted molar refractivity (Wildman–Crippen MR) is 51.1 cm³/mol. The van der Waals surface area contributed by atoms with E-state index >= 15 is 0 Å². The van der Waals surface area contributed by atoms with Crippen LogP contribution in [-0.2, 0) is 10.1 Å². The lowest BCUT2D eigenvalue weighted by atomic mass is 9.89. The van der Waals surface area contributed by atoms with Crippen molar-refractivity contribution in [3.05, 3.63) is 0 Å². The Balaban J connectivity index is 4.59. The van der Waals surface area contributed by atoms with Gasteiger partial charge in [-0.3, -0.25) is 4.55 Å². The van der Waals surface area contributed by atoms with Crippen LogP contribution in [0, 0.1) is 5.41 Å². The predicted octanol–water partition coefficient (Wildman–Crippen LogP) is 1.06. The summed E-state index contributed by atoms with van der Waals surface area (Å²) in [5, 5.41) is 7.77. The zero-order chi connectivity index (χ0) is 10.7. The minimum absolute atomic E-state index is 0.0535. The molecule has 0 aromatic carbocycles. The van der Waals surface area contributed by atoms with Crippen molar-refractivity contribution in [2.75, 3.05) is 6.61 Å². The summed E-state index contributed by atoms with van der Waals surface area (Å²) in [5.41, 5.74) is -0.497. The third kappa shape index (κ3) is 4.59. The fourth-order valence-electron chi connectivity index (χ4n) is 1.31. The molecule has 1 unspecified atom stereocenters. The van der Waals surface area contributed by atoms with E-state index in [1.165, 1.54) is 0 Å². The van der Waals surface area contributed by atoms with Crippen molar-refractivity contribution in [3.8, 4) is 0 Å². The topological polar surface area (TPSA) is 74.6 Å². The minimum Gasteiger partial charge on any atom is -0.396 e. The number of aliphatic hydroxyl groups is 1. The van der Waals surface area contributed by atoms with Crippen molar-refractivity contribution in [2.45, 2.75) is 38.9 Å². The molecule has 0 aliphatic rings. The van der Waals surface area contributed by atoms with Crippen LogP contribution in [0.2, 0.25) is 0 Å². The summed E-state index contributed by atoms with van der Waals surface area (Å²) in [6.45, 7) is 5.20. The van der Waals surface area contributed by atoms with Gasteiger partial charge in [-0.2, -0.15) is 8.42 Å². The highest BCUT2D eigenvalue weighted by Crippen LogP contribution is 2.28. The molecule has 0 aliphatic carbocycles. The molecular weight excluding hydrogens is 192 g/mol. The average molecular weight is 210 g/mol. The van der Waals surface area contributed by atoms with E-state index in [-0.39, 0.29) is 6.61 Å². The maximum Gasteiger partial charge on any atom is 0.268 e. The highest BCUT2D eigenvalue weighted by Gasteiger charge is 2.34. The molecule has 2 N–H and O–H groups in total. The molecule has 0 bridgehead atoms. The molecule has 4 nitrogen and oxygen atoms in total. The maximum absolute atomic E-state index is 11.0. The highest BCUT2D eigenvalue weighted by atomic mass is 32.2. The van der Waals surface area contributed by atoms with Gasteiger partial charge in [-0.05, 0) is 18.3 Å². The molecule has 0 heterocycles. The third-order valence-electron chi connectivity index (χ3n) is 1.95. The van der Waals surface area contributed by atoms with Crippen LogP contribution in [0.1, 0.15) is 33.6 Å². The van der Waals surface area contributed by atoms with E-state index in [2.05, 4.69) is 0 Å². The van der Waals surface area contributed by atoms with E-state index in [1.54, 1.807) is 20.8 Å². The van der Waals surface area contributed by atoms with Crippen LogP contribution >= 0.6 is 0 Å². The SMILES string of the molecule is CC(C)(C)C(CCCO)S(=O)(=O)O. The lowest BCUT2D eigenvalue weighted by Crippen LogP contribution is -2.34. The smallest absolute Gasteiger partial charge is 0.268 e. The summed E-state index contributed by atoms with van der Waals surface area (Å²) in [6, 6.07) is 0. The number of aliphatic hydroxyl groups excluding tert-OH is 1. The monoisotopic (exact) mass is 210 g/mol. The van der Waals surface area contributed by atoms with E-state index in [0.29, 0.717) is 12.8 Å². The van der Waals surface area contributed by atoms with Crippen LogP contribution in [0.4, 0.5) is 0 Å². The molecule has 0 spiro atoms. The van der Waals surface area contributed by atoms with Gasteiger partial charge in [-0.15, -0.1) is 0 Å². The van der Waals surface area contributed by atoms with E-state index < -0.39 is 20.8 Å². The second kappa shape index (κ2) is 4.39. The van der Waals surface area contributed by atoms with Crippen molar-refractivity contribution < 1.29 is 18.1 Å². The van der Waals surface area contributed by atoms with Crippen molar-refractivity contribution in [1.82, 2.24) is 0 Å². The van der Waals surface area contributed by atoms with Gasteiger partial charge in [0, 0.05) is 6.61 Å². The van der Waals surface area contributed by atoms with Gasteiger partial charge in [0.25, 0.3) is 10.1 Å². The van der Waals surface area contributed by atoms with Crippen LogP contribution in [0.25, 0.3) is 0 Å². The zero-order valence-corrected chi connectivity index (χ0v) is 9.13. The van der Waals surface area contributed by atoms with Crippen molar-refractivity contribution in [3.63, 3.8) is 0 Å². The van der Waals surface area contributed by atoms with E-state index in [0.717, 1.165) is 0 Å². The van der Waals surface area contributed by atoms with Crippen LogP contribution in [0.5, 0.6) is 0 Å². The lowest BCUT2D eigenvalue weighted by Gasteiger charge is -2.27. The Labute approximate surface area is 79.7 Å². The summed E-state index contributed by atoms with van der Waals surface area (Å²) in [4.78, 5) is 0. The van der Waals surface area contributed by atoms with Crippen molar-refractivity contribution in [1.29, 1.82) is 0 Å². The fraction of sp³-hybridized carbons (Fsp3) is 1.00. The zero-order valence-electron chi connectivity index (χ0n) is 8.32. The van der Waals surface area contributed by atoms with Gasteiger partial charge in [-0.25, -0.2) is 0 Å². The molecular formula is C8H18O4S. The summed E-state index contributed by atoms with van der Waals surface area (Å²) < 4.78 is 30.8. The minimum atomic E-state index is -4.01. The third-order valence-corrected chi connectivity index (χ3v) is 3.61. The van der Waals surface area contributed by atoms with Crippen LogP contribution in [-0.4, -0.2) is 29.9 Å². The number of hydrogen-bond acceptors (Lipinski definition) is 3. The summed E-state index contributed by atoms with van der Waals surface area (Å²) in [5.74, 6) is 0. The van der Waals surface area contributed by atoms with Gasteiger partial charge in [0.1, 0.15) is 0 Å². The molecule has 0 amide bonds. The molecule has 0 aromatic heterocycles. The molecule has 13 heavy (non-hydrogen) atoms. The Kier molecular flexibility index (Phi) is 4.35. The standard InChI is InChI=1S/C8H18O4S/c1-8(2,3)7(5-4-6-9)13(10,11)12/h7,9H,4-6H2,1-3H3,(H,10,11,12). The van der Waals surface area contributed by atoms with Gasteiger partial charge in [0.05, 0.1) is 5.25 Å². The van der Waals surface area contributed by atoms with E-state index in [9.17, 15) is 8.42 Å². The molecule has 0 rings (SSSR count). The first-order valence-electron chi connectivity index (χ1n) is 4.26. The maximum atomic E-state index is 11.0. The van der Waals surface area contributed by atoms with Gasteiger partial charge in [0.15, 0.2) is 0 Å². The van der Waals surface area contributed by atoms with Gasteiger partial charge >= 0.3 is 0 Å². The van der Waals surface area contributed by atoms with Crippen molar-refractivity contribution in [2.24, 2.45) is 5.41 Å². The second-order valence-corrected chi connectivity index (χ2v) is 5.83. The molecule has 0 saturated carbocycles. The molecule has 1 atom stereocenters. The quantitative estimate of drug-likeness (QED) is 0.680. The Morgan fingerprint density at radius 2 is 1.77 bits per heavy atom. The van der Waals surface area contributed by atoms with Crippen molar-refractivity contribution >= 4 is 10.1 Å². The molecule has 0 aliphatic heterocycles. The van der Waals surface area contributed by atoms with Crippen LogP contribution < -0.4 is 0 Å². The number of rotatable bonds is 4. The second-order valence-electron chi connectivity index (χ2n) is 4.24. The van der Waals surface area contributed by atoms with Gasteiger partial charge in [-0.1, -0.05) is 20.8 Å². The Morgan fingerprint density at radius 3 is 2.00 bits per heavy atom. The summed E-state index contributed by atoms with van der Waals surface area (Å²) in [7, 11) is -4.01. The summed E-state index contributed by atoms with van der Waals surface area (Å²) >= 11 is 0. The highest BCUT2D eigenvalue weighted by molar-refractivity contribution is 7.86.